The lowest BCUT2D eigenvalue weighted by molar-refractivity contribution is -0.138. The molecule has 0 aliphatic carbocycles. The molecule has 2 aliphatic rings. The van der Waals surface area contributed by atoms with Gasteiger partial charge < -0.3 is 14.7 Å². The second-order valence-electron chi connectivity index (χ2n) is 8.67. The molecule has 0 bridgehead atoms. The average Bonchev–Trinajstić information content (AvgIpc) is 3.14. The number of hydrogen-bond acceptors (Lipinski definition) is 5. The molecule has 13 heteroatoms. The highest BCUT2D eigenvalue weighted by Gasteiger charge is 2.37. The Labute approximate surface area is 199 Å². The number of alkyl halides is 3. The van der Waals surface area contributed by atoms with Gasteiger partial charge in [-0.15, -0.1) is 0 Å². The maximum atomic E-state index is 14.4. The van der Waals surface area contributed by atoms with Gasteiger partial charge in [0.05, 0.1) is 17.0 Å². The summed E-state index contributed by atoms with van der Waals surface area (Å²) >= 11 is 0. The standard InChI is InChI=1S/C22H23F5N4O3S/c1-35(33,34)17-3-2-14(18(23)11-17)13-30-8-9-31(21(30)32)16-4-6-29(7-5-16)20-19(24)10-15(12-28-20)22(25,26)27/h2-3,10-12,16H,4-9,13H2,1H3. The predicted octanol–water partition coefficient (Wildman–Crippen LogP) is 3.69. The van der Waals surface area contributed by atoms with Crippen LogP contribution in [0.1, 0.15) is 24.0 Å². The number of halogens is 5. The largest absolute Gasteiger partial charge is 0.417 e. The summed E-state index contributed by atoms with van der Waals surface area (Å²) in [7, 11) is -3.55. The zero-order valence-corrected chi connectivity index (χ0v) is 19.5. The summed E-state index contributed by atoms with van der Waals surface area (Å²) in [5.74, 6) is -1.91. The second-order valence-corrected chi connectivity index (χ2v) is 10.7. The van der Waals surface area contributed by atoms with Crippen molar-refractivity contribution < 1.29 is 35.2 Å². The molecule has 0 radical (unpaired) electrons. The zero-order valence-electron chi connectivity index (χ0n) is 18.7. The van der Waals surface area contributed by atoms with Gasteiger partial charge in [-0.3, -0.25) is 0 Å². The van der Waals surface area contributed by atoms with E-state index in [1.54, 1.807) is 9.80 Å². The van der Waals surface area contributed by atoms with Crippen LogP contribution in [0.5, 0.6) is 0 Å². The van der Waals surface area contributed by atoms with Crippen LogP contribution in [0.4, 0.5) is 32.6 Å². The molecule has 0 saturated carbocycles. The Morgan fingerprint density at radius 2 is 1.71 bits per heavy atom. The van der Waals surface area contributed by atoms with Crippen molar-refractivity contribution in [2.45, 2.75) is 36.5 Å². The first kappa shape index (κ1) is 25.1. The topological polar surface area (TPSA) is 73.8 Å². The number of amides is 2. The van der Waals surface area contributed by atoms with E-state index in [0.29, 0.717) is 51.3 Å². The third kappa shape index (κ3) is 5.34. The Bertz CT molecular complexity index is 1230. The predicted molar refractivity (Wildman–Crippen MR) is 116 cm³/mol. The summed E-state index contributed by atoms with van der Waals surface area (Å²) in [5, 5.41) is 0. The van der Waals surface area contributed by atoms with Crippen LogP contribution in [-0.4, -0.2) is 67.7 Å². The van der Waals surface area contributed by atoms with Crippen molar-refractivity contribution in [2.75, 3.05) is 37.3 Å². The van der Waals surface area contributed by atoms with Crippen molar-refractivity contribution in [3.05, 3.63) is 53.2 Å². The number of nitrogens with zero attached hydrogens (tertiary/aromatic N) is 4. The number of urea groups is 1. The number of rotatable bonds is 5. The van der Waals surface area contributed by atoms with Crippen LogP contribution < -0.4 is 4.90 Å². The molecule has 7 nitrogen and oxygen atoms in total. The Morgan fingerprint density at radius 3 is 2.29 bits per heavy atom. The van der Waals surface area contributed by atoms with E-state index in [0.717, 1.165) is 12.3 Å². The van der Waals surface area contributed by atoms with Crippen LogP contribution >= 0.6 is 0 Å². The molecule has 1 aromatic carbocycles. The normalized spacial score (nSPS) is 18.0. The van der Waals surface area contributed by atoms with E-state index in [1.165, 1.54) is 17.0 Å². The van der Waals surface area contributed by atoms with E-state index in [2.05, 4.69) is 4.98 Å². The van der Waals surface area contributed by atoms with Crippen LogP contribution in [0.15, 0.2) is 35.4 Å². The number of pyridine rings is 1. The third-order valence-electron chi connectivity index (χ3n) is 6.29. The van der Waals surface area contributed by atoms with E-state index in [4.69, 9.17) is 0 Å². The molecule has 35 heavy (non-hydrogen) atoms. The molecule has 0 spiro atoms. The quantitative estimate of drug-likeness (QED) is 0.565. The Hall–Kier alpha value is -2.96. The van der Waals surface area contributed by atoms with Gasteiger partial charge >= 0.3 is 12.2 Å². The van der Waals surface area contributed by atoms with Gasteiger partial charge in [0.25, 0.3) is 0 Å². The van der Waals surface area contributed by atoms with Crippen molar-refractivity contribution in [3.63, 3.8) is 0 Å². The molecule has 2 fully saturated rings. The number of benzene rings is 1. The minimum Gasteiger partial charge on any atom is -0.354 e. The molecule has 2 saturated heterocycles. The molecule has 4 rings (SSSR count). The summed E-state index contributed by atoms with van der Waals surface area (Å²) in [4.78, 5) is 21.1. The Balaban J connectivity index is 1.36. The van der Waals surface area contributed by atoms with Gasteiger partial charge in [-0.1, -0.05) is 6.07 Å². The van der Waals surface area contributed by atoms with Crippen LogP contribution in [0.25, 0.3) is 0 Å². The number of carbonyl (C=O) groups excluding carboxylic acids is 1. The van der Waals surface area contributed by atoms with Gasteiger partial charge in [-0.25, -0.2) is 27.0 Å². The van der Waals surface area contributed by atoms with Gasteiger partial charge in [0.1, 0.15) is 5.82 Å². The minimum absolute atomic E-state index is 0.00919. The molecular formula is C22H23F5N4O3S. The maximum Gasteiger partial charge on any atom is 0.417 e. The molecular weight excluding hydrogens is 495 g/mol. The summed E-state index contributed by atoms with van der Waals surface area (Å²) in [6.07, 6.45) is -2.15. The third-order valence-corrected chi connectivity index (χ3v) is 7.41. The molecule has 0 atom stereocenters. The fraction of sp³-hybridized carbons (Fsp3) is 0.455. The Kier molecular flexibility index (Phi) is 6.64. The fourth-order valence-electron chi connectivity index (χ4n) is 4.39. The van der Waals surface area contributed by atoms with E-state index in [-0.39, 0.29) is 34.9 Å². The first-order chi connectivity index (χ1) is 16.3. The van der Waals surface area contributed by atoms with Gasteiger partial charge in [-0.2, -0.15) is 13.2 Å². The highest BCUT2D eigenvalue weighted by Crippen LogP contribution is 2.32. The van der Waals surface area contributed by atoms with Crippen molar-refractivity contribution in [3.8, 4) is 0 Å². The number of anilines is 1. The number of sulfone groups is 1. The minimum atomic E-state index is -4.68. The van der Waals surface area contributed by atoms with Crippen molar-refractivity contribution in [1.29, 1.82) is 0 Å². The Morgan fingerprint density at radius 1 is 1.03 bits per heavy atom. The summed E-state index contributed by atoms with van der Waals surface area (Å²) < 4.78 is 90.1. The highest BCUT2D eigenvalue weighted by molar-refractivity contribution is 7.90. The number of aromatic nitrogens is 1. The van der Waals surface area contributed by atoms with Crippen molar-refractivity contribution in [2.24, 2.45) is 0 Å². The molecule has 1 aromatic heterocycles. The molecule has 0 N–H and O–H groups in total. The molecule has 2 amide bonds. The lowest BCUT2D eigenvalue weighted by Gasteiger charge is -2.37. The first-order valence-electron chi connectivity index (χ1n) is 10.9. The van der Waals surface area contributed by atoms with Gasteiger partial charge in [0.2, 0.25) is 0 Å². The highest BCUT2D eigenvalue weighted by atomic mass is 32.2. The molecule has 2 aliphatic heterocycles. The lowest BCUT2D eigenvalue weighted by atomic mass is 10.0. The van der Waals surface area contributed by atoms with Crippen molar-refractivity contribution >= 4 is 21.7 Å². The number of carbonyl (C=O) groups is 1. The van der Waals surface area contributed by atoms with Gasteiger partial charge in [0.15, 0.2) is 21.5 Å². The van der Waals surface area contributed by atoms with E-state index < -0.39 is 33.2 Å². The lowest BCUT2D eigenvalue weighted by Crippen LogP contribution is -2.47. The molecule has 0 unspecified atom stereocenters. The summed E-state index contributed by atoms with van der Waals surface area (Å²) in [6, 6.07) is 3.58. The van der Waals surface area contributed by atoms with Gasteiger partial charge in [0, 0.05) is 50.2 Å². The average molecular weight is 519 g/mol. The summed E-state index contributed by atoms with van der Waals surface area (Å²) in [6.45, 7) is 1.39. The zero-order chi connectivity index (χ0) is 25.5. The molecule has 3 heterocycles. The molecule has 2 aromatic rings. The van der Waals surface area contributed by atoms with Crippen molar-refractivity contribution in [1.82, 2.24) is 14.8 Å². The number of hydrogen-bond donors (Lipinski definition) is 0. The number of piperidine rings is 1. The van der Waals surface area contributed by atoms with E-state index >= 15 is 0 Å². The molecule has 190 valence electrons. The second kappa shape index (κ2) is 9.25. The van der Waals surface area contributed by atoms with Crippen LogP contribution in [0.2, 0.25) is 0 Å². The van der Waals surface area contributed by atoms with E-state index in [9.17, 15) is 35.2 Å². The van der Waals surface area contributed by atoms with Crippen LogP contribution in [-0.2, 0) is 22.6 Å². The maximum absolute atomic E-state index is 14.4. The van der Waals surface area contributed by atoms with Crippen LogP contribution in [0, 0.1) is 11.6 Å². The SMILES string of the molecule is CS(=O)(=O)c1ccc(CN2CCN(C3CCN(c4ncc(C(F)(F)F)cc4F)CC3)C2=O)c(F)c1. The monoisotopic (exact) mass is 518 g/mol. The van der Waals surface area contributed by atoms with E-state index in [1.807, 2.05) is 0 Å². The van der Waals surface area contributed by atoms with Gasteiger partial charge in [-0.05, 0) is 31.0 Å². The smallest absolute Gasteiger partial charge is 0.354 e. The van der Waals surface area contributed by atoms with Crippen LogP contribution in [0.3, 0.4) is 0 Å². The summed E-state index contributed by atoms with van der Waals surface area (Å²) in [5.41, 5.74) is -0.954. The first-order valence-corrected chi connectivity index (χ1v) is 12.8. The fourth-order valence-corrected chi connectivity index (χ4v) is 5.02.